The molecule has 1 aromatic heterocycles. The molecule has 0 unspecified atom stereocenters. The molecule has 1 N–H and O–H groups in total. The van der Waals surface area contributed by atoms with E-state index in [1.165, 1.54) is 35.8 Å². The highest BCUT2D eigenvalue weighted by Gasteiger charge is 2.37. The molecule has 2 aliphatic heterocycles. The number of halogens is 5. The van der Waals surface area contributed by atoms with Crippen molar-refractivity contribution in [1.29, 1.82) is 0 Å². The molecule has 14 heteroatoms. The van der Waals surface area contributed by atoms with Crippen molar-refractivity contribution in [2.45, 2.75) is 30.7 Å². The van der Waals surface area contributed by atoms with Crippen LogP contribution < -0.4 is 9.62 Å². The Morgan fingerprint density at radius 3 is 2.36 bits per heavy atom. The maximum atomic E-state index is 13.8. The van der Waals surface area contributed by atoms with Crippen LogP contribution in [0.5, 0.6) is 0 Å². The zero-order chi connectivity index (χ0) is 23.6. The topological polar surface area (TPSA) is 91.8 Å². The van der Waals surface area contributed by atoms with Gasteiger partial charge < -0.3 is 10.1 Å². The fraction of sp³-hybridized carbons (Fsp3) is 0.455. The molecule has 202 valence electrons. The van der Waals surface area contributed by atoms with Crippen molar-refractivity contribution in [2.24, 2.45) is 0 Å². The number of hydrogen-bond donors (Lipinski definition) is 1. The van der Waals surface area contributed by atoms with Gasteiger partial charge in [-0.05, 0) is 56.3 Å². The number of carbonyl (C=O) groups excluding carboxylic acids is 1. The molecule has 0 aliphatic carbocycles. The van der Waals surface area contributed by atoms with Gasteiger partial charge in [0.15, 0.2) is 0 Å². The molecular formula is C22H29Cl4FN4O4S. The molecule has 4 rings (SSSR count). The van der Waals surface area contributed by atoms with E-state index in [-0.39, 0.29) is 60.0 Å². The molecule has 0 saturated carbocycles. The third-order valence-electron chi connectivity index (χ3n) is 6.22. The van der Waals surface area contributed by atoms with Gasteiger partial charge in [-0.2, -0.15) is 0 Å². The van der Waals surface area contributed by atoms with Crippen molar-refractivity contribution in [3.05, 3.63) is 58.6 Å². The number of methoxy groups -OCH3 is 1. The summed E-state index contributed by atoms with van der Waals surface area (Å²) in [5, 5.41) is 2.52. The minimum atomic E-state index is -3.80. The zero-order valence-electron chi connectivity index (χ0n) is 19.4. The van der Waals surface area contributed by atoms with Crippen LogP contribution in [0.3, 0.4) is 0 Å². The maximum Gasteiger partial charge on any atom is 0.339 e. The number of benzene rings is 1. The van der Waals surface area contributed by atoms with Crippen LogP contribution in [0.25, 0.3) is 0 Å². The summed E-state index contributed by atoms with van der Waals surface area (Å²) in [4.78, 5) is 18.2. The van der Waals surface area contributed by atoms with E-state index in [0.717, 1.165) is 19.2 Å². The predicted molar refractivity (Wildman–Crippen MR) is 145 cm³/mol. The number of aromatic nitrogens is 1. The van der Waals surface area contributed by atoms with Crippen molar-refractivity contribution in [3.8, 4) is 0 Å². The first kappa shape index (κ1) is 32.6. The van der Waals surface area contributed by atoms with E-state index < -0.39 is 27.1 Å². The van der Waals surface area contributed by atoms with Crippen molar-refractivity contribution >= 4 is 70.5 Å². The van der Waals surface area contributed by atoms with Crippen LogP contribution in [-0.4, -0.2) is 68.9 Å². The van der Waals surface area contributed by atoms with Gasteiger partial charge in [-0.1, -0.05) is 11.6 Å². The molecule has 36 heavy (non-hydrogen) atoms. The minimum absolute atomic E-state index is 0. The highest BCUT2D eigenvalue weighted by Crippen LogP contribution is 2.31. The zero-order valence-corrected chi connectivity index (χ0v) is 23.5. The van der Waals surface area contributed by atoms with Gasteiger partial charge in [-0.15, -0.1) is 37.2 Å². The second-order valence-electron chi connectivity index (χ2n) is 8.23. The summed E-state index contributed by atoms with van der Waals surface area (Å²) >= 11 is 5.97. The summed E-state index contributed by atoms with van der Waals surface area (Å²) < 4.78 is 47.2. The predicted octanol–water partition coefficient (Wildman–Crippen LogP) is 3.70. The fourth-order valence-electron chi connectivity index (χ4n) is 4.12. The molecule has 1 aromatic carbocycles. The van der Waals surface area contributed by atoms with Crippen molar-refractivity contribution < 1.29 is 22.3 Å². The van der Waals surface area contributed by atoms with E-state index in [9.17, 15) is 17.6 Å². The lowest BCUT2D eigenvalue weighted by molar-refractivity contribution is 0.0600. The second kappa shape index (κ2) is 13.9. The Balaban J connectivity index is 0.00000216. The smallest absolute Gasteiger partial charge is 0.339 e. The third kappa shape index (κ3) is 7.12. The van der Waals surface area contributed by atoms with E-state index in [0.29, 0.717) is 37.7 Å². The van der Waals surface area contributed by atoms with Gasteiger partial charge in [-0.3, -0.25) is 14.2 Å². The molecule has 3 heterocycles. The normalized spacial score (nSPS) is 16.5. The van der Waals surface area contributed by atoms with E-state index in [2.05, 4.69) is 19.9 Å². The Bertz CT molecular complexity index is 1120. The third-order valence-corrected chi connectivity index (χ3v) is 8.78. The number of esters is 1. The first-order valence-corrected chi connectivity index (χ1v) is 12.6. The molecule has 2 fully saturated rings. The van der Waals surface area contributed by atoms with Crippen LogP contribution in [0.1, 0.15) is 28.9 Å². The van der Waals surface area contributed by atoms with E-state index in [1.807, 2.05) is 0 Å². The lowest BCUT2D eigenvalue weighted by atomic mass is 10.0. The Kier molecular flexibility index (Phi) is 12.6. The number of rotatable bonds is 7. The first-order valence-electron chi connectivity index (χ1n) is 10.7. The fourth-order valence-corrected chi connectivity index (χ4v) is 6.18. The molecule has 0 atom stereocenters. The van der Waals surface area contributed by atoms with Crippen molar-refractivity contribution in [1.82, 2.24) is 15.2 Å². The second-order valence-corrected chi connectivity index (χ2v) is 10.8. The molecule has 0 amide bonds. The number of pyridine rings is 1. The van der Waals surface area contributed by atoms with Crippen LogP contribution in [0.2, 0.25) is 5.02 Å². The molecule has 8 nitrogen and oxygen atoms in total. The number of ether oxygens (including phenoxy) is 1. The van der Waals surface area contributed by atoms with Crippen LogP contribution in [0.4, 0.5) is 10.1 Å². The largest absolute Gasteiger partial charge is 0.465 e. The molecule has 2 aliphatic rings. The van der Waals surface area contributed by atoms with Gasteiger partial charge >= 0.3 is 5.97 Å². The highest BCUT2D eigenvalue weighted by molar-refractivity contribution is 7.93. The number of anilines is 1. The van der Waals surface area contributed by atoms with E-state index >= 15 is 0 Å². The van der Waals surface area contributed by atoms with E-state index in [4.69, 9.17) is 11.6 Å². The summed E-state index contributed by atoms with van der Waals surface area (Å²) in [6, 6.07) is 7.44. The van der Waals surface area contributed by atoms with Gasteiger partial charge in [-0.25, -0.2) is 17.6 Å². The number of hydrogen-bond acceptors (Lipinski definition) is 7. The summed E-state index contributed by atoms with van der Waals surface area (Å²) in [7, 11) is -2.52. The number of sulfonamides is 1. The number of likely N-dealkylation sites (tertiary alicyclic amines) is 1. The number of nitrogens with one attached hydrogen (secondary N) is 1. The molecular weight excluding hydrogens is 577 g/mol. The summed E-state index contributed by atoms with van der Waals surface area (Å²) in [6.07, 6.45) is 2.37. The molecule has 2 saturated heterocycles. The molecule has 0 bridgehead atoms. The average molecular weight is 606 g/mol. The molecule has 0 radical (unpaired) electrons. The molecule has 2 aromatic rings. The Labute approximate surface area is 234 Å². The lowest BCUT2D eigenvalue weighted by Gasteiger charge is -2.42. The number of nitrogens with zero attached hydrogens (tertiary/aromatic N) is 3. The van der Waals surface area contributed by atoms with Crippen LogP contribution >= 0.6 is 48.8 Å². The van der Waals surface area contributed by atoms with Crippen LogP contribution in [0, 0.1) is 5.82 Å². The SMILES string of the molecule is COC(=O)c1ccc(CN(c2ccc(F)c(Cl)c2)S(=O)(=O)C2CCN(C3CNC3)CC2)nc1.Cl.Cl.Cl. The summed E-state index contributed by atoms with van der Waals surface area (Å²) in [6.45, 7) is 3.22. The first-order chi connectivity index (χ1) is 15.8. The highest BCUT2D eigenvalue weighted by atomic mass is 35.5. The summed E-state index contributed by atoms with van der Waals surface area (Å²) in [5.41, 5.74) is 0.967. The quantitative estimate of drug-likeness (QED) is 0.481. The van der Waals surface area contributed by atoms with Gasteiger partial charge in [0.25, 0.3) is 0 Å². The van der Waals surface area contributed by atoms with Crippen LogP contribution in [0.15, 0.2) is 36.5 Å². The lowest BCUT2D eigenvalue weighted by Crippen LogP contribution is -2.59. The Morgan fingerprint density at radius 1 is 1.19 bits per heavy atom. The standard InChI is InChI=1S/C22H26ClFN4O4S.3ClH/c1-32-22(29)15-2-3-16(26-11-15)14-28(17-4-5-21(24)20(23)10-17)33(30,31)19-6-8-27(9-7-19)18-12-25-13-18;;;/h2-5,10-11,18-19,25H,6-9,12-14H2,1H3;3*1H. The van der Waals surface area contributed by atoms with Crippen molar-refractivity contribution in [2.75, 3.05) is 37.6 Å². The Morgan fingerprint density at radius 2 is 1.86 bits per heavy atom. The Hall–Kier alpha value is -1.40. The van der Waals surface area contributed by atoms with E-state index in [1.54, 1.807) is 6.07 Å². The van der Waals surface area contributed by atoms with Gasteiger partial charge in [0.2, 0.25) is 10.0 Å². The average Bonchev–Trinajstić information content (AvgIpc) is 2.78. The maximum absolute atomic E-state index is 13.8. The van der Waals surface area contributed by atoms with Crippen molar-refractivity contribution in [3.63, 3.8) is 0 Å². The van der Waals surface area contributed by atoms with Gasteiger partial charge in [0.05, 0.1) is 40.9 Å². The number of carbonyl (C=O) groups is 1. The van der Waals surface area contributed by atoms with Crippen LogP contribution in [-0.2, 0) is 21.3 Å². The minimum Gasteiger partial charge on any atom is -0.465 e. The molecule has 0 spiro atoms. The van der Waals surface area contributed by atoms with Gasteiger partial charge in [0.1, 0.15) is 5.82 Å². The monoisotopic (exact) mass is 604 g/mol. The summed E-state index contributed by atoms with van der Waals surface area (Å²) in [5.74, 6) is -1.15. The van der Waals surface area contributed by atoms with Gasteiger partial charge in [0, 0.05) is 25.3 Å². The number of piperidine rings is 1.